The van der Waals surface area contributed by atoms with Crippen molar-refractivity contribution in [3.63, 3.8) is 0 Å². The molecular formula is C13H28N2O2. The second-order valence-corrected chi connectivity index (χ2v) is 5.35. The maximum Gasteiger partial charge on any atom is 0.323 e. The molecule has 0 spiro atoms. The molecule has 0 aromatic carbocycles. The van der Waals surface area contributed by atoms with Crippen molar-refractivity contribution in [2.45, 2.75) is 52.1 Å². The largest absolute Gasteiger partial charge is 0.480 e. The molecule has 1 unspecified atom stereocenters. The molecule has 0 radical (unpaired) electrons. The van der Waals surface area contributed by atoms with Crippen LogP contribution in [0.1, 0.15) is 40.5 Å². The van der Waals surface area contributed by atoms with E-state index in [0.29, 0.717) is 18.8 Å². The molecular weight excluding hydrogens is 216 g/mol. The molecule has 2 N–H and O–H groups in total. The first-order valence-corrected chi connectivity index (χ1v) is 6.44. The van der Waals surface area contributed by atoms with E-state index in [-0.39, 0.29) is 6.04 Å². The molecule has 1 atom stereocenters. The number of carbonyl (C=O) groups is 1. The van der Waals surface area contributed by atoms with Gasteiger partial charge in [0.05, 0.1) is 0 Å². The van der Waals surface area contributed by atoms with Gasteiger partial charge in [-0.1, -0.05) is 27.7 Å². The van der Waals surface area contributed by atoms with E-state index < -0.39 is 11.5 Å². The third kappa shape index (κ3) is 4.64. The highest BCUT2D eigenvalue weighted by Crippen LogP contribution is 2.18. The fourth-order valence-corrected chi connectivity index (χ4v) is 1.99. The van der Waals surface area contributed by atoms with Gasteiger partial charge in [-0.2, -0.15) is 0 Å². The van der Waals surface area contributed by atoms with Gasteiger partial charge in [-0.05, 0) is 32.9 Å². The van der Waals surface area contributed by atoms with Crippen molar-refractivity contribution in [2.75, 3.05) is 20.6 Å². The highest BCUT2D eigenvalue weighted by atomic mass is 16.4. The topological polar surface area (TPSA) is 52.6 Å². The summed E-state index contributed by atoms with van der Waals surface area (Å²) in [6.45, 7) is 8.96. The average molecular weight is 244 g/mol. The molecule has 0 saturated carbocycles. The standard InChI is InChI=1S/C13H28N2O2/c1-7-13(8-2,12(16)17)14-11(10(3)4)9-15(5)6/h10-11,14H,7-9H2,1-6H3,(H,16,17). The lowest BCUT2D eigenvalue weighted by Gasteiger charge is -2.36. The first kappa shape index (κ1) is 16.4. The molecule has 0 rings (SSSR count). The van der Waals surface area contributed by atoms with Crippen LogP contribution in [0.25, 0.3) is 0 Å². The number of hydrogen-bond acceptors (Lipinski definition) is 3. The van der Waals surface area contributed by atoms with Crippen molar-refractivity contribution in [1.82, 2.24) is 10.2 Å². The van der Waals surface area contributed by atoms with Crippen molar-refractivity contribution in [1.29, 1.82) is 0 Å². The normalized spacial score (nSPS) is 14.4. The van der Waals surface area contributed by atoms with E-state index in [4.69, 9.17) is 0 Å². The van der Waals surface area contributed by atoms with Gasteiger partial charge in [0.2, 0.25) is 0 Å². The summed E-state index contributed by atoms with van der Waals surface area (Å²) in [6.07, 6.45) is 1.21. The van der Waals surface area contributed by atoms with E-state index in [1.165, 1.54) is 0 Å². The Bertz CT molecular complexity index is 236. The van der Waals surface area contributed by atoms with Gasteiger partial charge in [-0.3, -0.25) is 10.1 Å². The lowest BCUT2D eigenvalue weighted by Crippen LogP contribution is -2.58. The number of nitrogens with one attached hydrogen (secondary N) is 1. The van der Waals surface area contributed by atoms with Crippen LogP contribution in [0.15, 0.2) is 0 Å². The minimum absolute atomic E-state index is 0.195. The predicted octanol–water partition coefficient (Wildman–Crippen LogP) is 1.81. The Morgan fingerprint density at radius 1 is 1.29 bits per heavy atom. The number of carboxylic acid groups (broad SMARTS) is 1. The third-order valence-electron chi connectivity index (χ3n) is 3.44. The molecule has 0 saturated heterocycles. The van der Waals surface area contributed by atoms with Crippen LogP contribution in [0, 0.1) is 5.92 Å². The van der Waals surface area contributed by atoms with Gasteiger partial charge in [0.1, 0.15) is 5.54 Å². The summed E-state index contributed by atoms with van der Waals surface area (Å²) in [6, 6.07) is 0.195. The van der Waals surface area contributed by atoms with Crippen LogP contribution in [0.2, 0.25) is 0 Å². The number of likely N-dealkylation sites (N-methyl/N-ethyl adjacent to an activating group) is 1. The van der Waals surface area contributed by atoms with Crippen molar-refractivity contribution < 1.29 is 9.90 Å². The zero-order valence-electron chi connectivity index (χ0n) is 12.1. The van der Waals surface area contributed by atoms with E-state index in [1.54, 1.807) is 0 Å². The summed E-state index contributed by atoms with van der Waals surface area (Å²) in [5.74, 6) is -0.332. The van der Waals surface area contributed by atoms with Crippen LogP contribution in [-0.2, 0) is 4.79 Å². The Morgan fingerprint density at radius 2 is 1.76 bits per heavy atom. The van der Waals surface area contributed by atoms with Crippen LogP contribution < -0.4 is 5.32 Å². The van der Waals surface area contributed by atoms with E-state index in [9.17, 15) is 9.90 Å². The first-order valence-electron chi connectivity index (χ1n) is 6.44. The van der Waals surface area contributed by atoms with Crippen LogP contribution in [0.4, 0.5) is 0 Å². The molecule has 0 aromatic rings. The summed E-state index contributed by atoms with van der Waals surface area (Å²) in [4.78, 5) is 13.5. The summed E-state index contributed by atoms with van der Waals surface area (Å²) in [5, 5.41) is 12.8. The van der Waals surface area contributed by atoms with Crippen LogP contribution >= 0.6 is 0 Å². The molecule has 0 amide bonds. The minimum Gasteiger partial charge on any atom is -0.480 e. The molecule has 0 aliphatic carbocycles. The van der Waals surface area contributed by atoms with Crippen molar-refractivity contribution in [3.05, 3.63) is 0 Å². The molecule has 0 heterocycles. The zero-order chi connectivity index (χ0) is 13.6. The van der Waals surface area contributed by atoms with Crippen molar-refractivity contribution in [2.24, 2.45) is 5.92 Å². The first-order chi connectivity index (χ1) is 7.79. The van der Waals surface area contributed by atoms with Gasteiger partial charge >= 0.3 is 5.97 Å². The number of aliphatic carboxylic acids is 1. The van der Waals surface area contributed by atoms with Gasteiger partial charge in [-0.25, -0.2) is 0 Å². The zero-order valence-corrected chi connectivity index (χ0v) is 12.1. The van der Waals surface area contributed by atoms with E-state index in [1.807, 2.05) is 27.9 Å². The fraction of sp³-hybridized carbons (Fsp3) is 0.923. The van der Waals surface area contributed by atoms with E-state index in [2.05, 4.69) is 24.1 Å². The molecule has 4 heteroatoms. The van der Waals surface area contributed by atoms with Crippen LogP contribution in [0.5, 0.6) is 0 Å². The quantitative estimate of drug-likeness (QED) is 0.683. The highest BCUT2D eigenvalue weighted by Gasteiger charge is 2.37. The molecule has 0 aliphatic rings. The number of nitrogens with zero attached hydrogens (tertiary/aromatic N) is 1. The van der Waals surface area contributed by atoms with Gasteiger partial charge in [0.25, 0.3) is 0 Å². The second kappa shape index (κ2) is 6.97. The SMILES string of the molecule is CCC(CC)(NC(CN(C)C)C(C)C)C(=O)O. The highest BCUT2D eigenvalue weighted by molar-refractivity contribution is 5.78. The molecule has 17 heavy (non-hydrogen) atoms. The third-order valence-corrected chi connectivity index (χ3v) is 3.44. The molecule has 0 aromatic heterocycles. The van der Waals surface area contributed by atoms with Gasteiger partial charge < -0.3 is 10.0 Å². The predicted molar refractivity (Wildman–Crippen MR) is 71.3 cm³/mol. The minimum atomic E-state index is -0.787. The Morgan fingerprint density at radius 3 is 2.00 bits per heavy atom. The van der Waals surface area contributed by atoms with Gasteiger partial charge in [0, 0.05) is 12.6 Å². The lowest BCUT2D eigenvalue weighted by atomic mass is 9.89. The van der Waals surface area contributed by atoms with E-state index in [0.717, 1.165) is 6.54 Å². The Kier molecular flexibility index (Phi) is 6.72. The maximum atomic E-state index is 11.5. The Balaban J connectivity index is 4.85. The average Bonchev–Trinajstić information content (AvgIpc) is 2.23. The number of carboxylic acids is 1. The smallest absolute Gasteiger partial charge is 0.323 e. The van der Waals surface area contributed by atoms with Crippen molar-refractivity contribution >= 4 is 5.97 Å². The molecule has 0 aliphatic heterocycles. The molecule has 0 fully saturated rings. The van der Waals surface area contributed by atoms with Crippen LogP contribution in [-0.4, -0.2) is 48.2 Å². The van der Waals surface area contributed by atoms with Gasteiger partial charge in [-0.15, -0.1) is 0 Å². The molecule has 4 nitrogen and oxygen atoms in total. The number of hydrogen-bond donors (Lipinski definition) is 2. The monoisotopic (exact) mass is 244 g/mol. The molecule has 0 bridgehead atoms. The summed E-state index contributed by atoms with van der Waals surface area (Å²) >= 11 is 0. The number of rotatable bonds is 8. The molecule has 102 valence electrons. The van der Waals surface area contributed by atoms with Crippen molar-refractivity contribution in [3.8, 4) is 0 Å². The fourth-order valence-electron chi connectivity index (χ4n) is 1.99. The lowest BCUT2D eigenvalue weighted by molar-refractivity contribution is -0.146. The van der Waals surface area contributed by atoms with Gasteiger partial charge in [0.15, 0.2) is 0 Å². The summed E-state index contributed by atoms with van der Waals surface area (Å²) in [7, 11) is 4.02. The summed E-state index contributed by atoms with van der Waals surface area (Å²) < 4.78 is 0. The maximum absolute atomic E-state index is 11.5. The Labute approximate surface area is 105 Å². The Hall–Kier alpha value is -0.610. The summed E-state index contributed by atoms with van der Waals surface area (Å²) in [5.41, 5.74) is -0.787. The van der Waals surface area contributed by atoms with E-state index >= 15 is 0 Å². The second-order valence-electron chi connectivity index (χ2n) is 5.35. The van der Waals surface area contributed by atoms with Crippen LogP contribution in [0.3, 0.4) is 0 Å².